The first-order valence-electron chi connectivity index (χ1n) is 11.5. The van der Waals surface area contributed by atoms with Gasteiger partial charge in [0.2, 0.25) is 5.91 Å². The van der Waals surface area contributed by atoms with Gasteiger partial charge >= 0.3 is 0 Å². The Labute approximate surface area is 172 Å². The molecule has 0 spiro atoms. The Balaban J connectivity index is 1.35. The van der Waals surface area contributed by atoms with E-state index in [1.54, 1.807) is 6.33 Å². The second-order valence-electron chi connectivity index (χ2n) is 8.99. The third-order valence-electron chi connectivity index (χ3n) is 6.92. The molecule has 7 heteroatoms. The van der Waals surface area contributed by atoms with Crippen molar-refractivity contribution in [2.75, 3.05) is 18.0 Å². The fourth-order valence-corrected chi connectivity index (χ4v) is 5.31. The van der Waals surface area contributed by atoms with Crippen molar-refractivity contribution >= 4 is 22.9 Å². The third kappa shape index (κ3) is 3.83. The third-order valence-corrected chi connectivity index (χ3v) is 6.92. The van der Waals surface area contributed by atoms with Crippen LogP contribution in [0.3, 0.4) is 0 Å². The highest BCUT2D eigenvalue weighted by Crippen LogP contribution is 2.29. The van der Waals surface area contributed by atoms with Crippen LogP contribution in [0.15, 0.2) is 6.33 Å². The molecular formula is C22H32N6O. The zero-order valence-corrected chi connectivity index (χ0v) is 17.3. The summed E-state index contributed by atoms with van der Waals surface area (Å²) in [5.41, 5.74) is 1.87. The van der Waals surface area contributed by atoms with E-state index >= 15 is 0 Å². The SMILES string of the molecule is O=C(NC1CCCCC1)C1CCCN(c2ncnc3c2nc2n3CCCCC2)C1. The normalized spacial score (nSPS) is 23.6. The van der Waals surface area contributed by atoms with Gasteiger partial charge in [0, 0.05) is 32.1 Å². The number of aryl methyl sites for hydroxylation is 2. The Bertz CT molecular complexity index is 872. The van der Waals surface area contributed by atoms with Crippen molar-refractivity contribution in [3.05, 3.63) is 12.2 Å². The molecule has 1 unspecified atom stereocenters. The van der Waals surface area contributed by atoms with E-state index in [1.807, 2.05) is 0 Å². The molecule has 29 heavy (non-hydrogen) atoms. The second kappa shape index (κ2) is 8.28. The smallest absolute Gasteiger partial charge is 0.225 e. The van der Waals surface area contributed by atoms with Crippen molar-refractivity contribution in [1.29, 1.82) is 0 Å². The van der Waals surface area contributed by atoms with Crippen molar-refractivity contribution in [2.24, 2.45) is 5.92 Å². The zero-order valence-electron chi connectivity index (χ0n) is 17.3. The fraction of sp³-hybridized carbons (Fsp3) is 0.727. The molecule has 1 amide bonds. The summed E-state index contributed by atoms with van der Waals surface area (Å²) in [4.78, 5) is 29.3. The first-order chi connectivity index (χ1) is 14.3. The van der Waals surface area contributed by atoms with Gasteiger partial charge in [-0.05, 0) is 38.5 Å². The average Bonchev–Trinajstić information content (AvgIpc) is 2.95. The topological polar surface area (TPSA) is 75.9 Å². The number of piperidine rings is 1. The monoisotopic (exact) mass is 396 g/mol. The lowest BCUT2D eigenvalue weighted by Gasteiger charge is -2.34. The van der Waals surface area contributed by atoms with Gasteiger partial charge in [0.1, 0.15) is 12.2 Å². The molecule has 0 aromatic carbocycles. The van der Waals surface area contributed by atoms with E-state index < -0.39 is 0 Å². The number of hydrogen-bond donors (Lipinski definition) is 1. The second-order valence-corrected chi connectivity index (χ2v) is 8.99. The van der Waals surface area contributed by atoms with E-state index in [0.717, 1.165) is 74.5 Å². The van der Waals surface area contributed by atoms with Gasteiger partial charge in [0.15, 0.2) is 17.0 Å². The Kier molecular flexibility index (Phi) is 5.38. The first kappa shape index (κ1) is 18.8. The summed E-state index contributed by atoms with van der Waals surface area (Å²) in [5, 5.41) is 3.33. The van der Waals surface area contributed by atoms with Crippen LogP contribution in [0.5, 0.6) is 0 Å². The Hall–Kier alpha value is -2.18. The van der Waals surface area contributed by atoms with Crippen molar-refractivity contribution in [3.8, 4) is 0 Å². The van der Waals surface area contributed by atoms with E-state index in [4.69, 9.17) is 4.98 Å². The molecule has 156 valence electrons. The largest absolute Gasteiger partial charge is 0.354 e. The van der Waals surface area contributed by atoms with E-state index in [9.17, 15) is 4.79 Å². The first-order valence-corrected chi connectivity index (χ1v) is 11.5. The summed E-state index contributed by atoms with van der Waals surface area (Å²) < 4.78 is 2.28. The number of carbonyl (C=O) groups excluding carboxylic acids is 1. The average molecular weight is 397 g/mol. The van der Waals surface area contributed by atoms with Crippen LogP contribution in [-0.4, -0.2) is 44.6 Å². The molecule has 2 aromatic heterocycles. The van der Waals surface area contributed by atoms with Crippen LogP contribution in [-0.2, 0) is 17.8 Å². The summed E-state index contributed by atoms with van der Waals surface area (Å²) in [7, 11) is 0. The number of aromatic nitrogens is 4. The summed E-state index contributed by atoms with van der Waals surface area (Å²) >= 11 is 0. The van der Waals surface area contributed by atoms with Crippen LogP contribution >= 0.6 is 0 Å². The number of nitrogens with one attached hydrogen (secondary N) is 1. The molecule has 0 radical (unpaired) electrons. The van der Waals surface area contributed by atoms with Gasteiger partial charge in [-0.2, -0.15) is 0 Å². The molecule has 2 fully saturated rings. The Morgan fingerprint density at radius 1 is 0.966 bits per heavy atom. The van der Waals surface area contributed by atoms with Gasteiger partial charge < -0.3 is 14.8 Å². The Morgan fingerprint density at radius 3 is 2.72 bits per heavy atom. The fourth-order valence-electron chi connectivity index (χ4n) is 5.31. The van der Waals surface area contributed by atoms with E-state index in [0.29, 0.717) is 6.04 Å². The van der Waals surface area contributed by atoms with Crippen LogP contribution in [0.1, 0.15) is 70.0 Å². The van der Waals surface area contributed by atoms with Crippen LogP contribution in [0.4, 0.5) is 5.82 Å². The predicted octanol–water partition coefficient (Wildman–Crippen LogP) is 3.22. The van der Waals surface area contributed by atoms with Gasteiger partial charge in [-0.25, -0.2) is 15.0 Å². The van der Waals surface area contributed by atoms with Gasteiger partial charge in [0.25, 0.3) is 0 Å². The molecule has 7 nitrogen and oxygen atoms in total. The van der Waals surface area contributed by atoms with E-state index in [2.05, 4.69) is 24.8 Å². The highest BCUT2D eigenvalue weighted by molar-refractivity contribution is 5.85. The summed E-state index contributed by atoms with van der Waals surface area (Å²) in [5.74, 6) is 2.32. The molecule has 1 saturated carbocycles. The standard InChI is InChI=1S/C22H32N6O/c29-22(25-17-9-3-1-4-10-17)16-8-7-12-27(14-16)20-19-21(24-15-23-20)28-13-6-2-5-11-18(28)26-19/h15-17H,1-14H2,(H,25,29). The predicted molar refractivity (Wildman–Crippen MR) is 113 cm³/mol. The lowest BCUT2D eigenvalue weighted by molar-refractivity contribution is -0.126. The molecule has 1 aliphatic carbocycles. The molecule has 2 aliphatic heterocycles. The quantitative estimate of drug-likeness (QED) is 0.862. The van der Waals surface area contributed by atoms with Gasteiger partial charge in [0.05, 0.1) is 5.92 Å². The molecule has 5 rings (SSSR count). The molecule has 1 saturated heterocycles. The maximum absolute atomic E-state index is 12.9. The molecule has 0 bridgehead atoms. The number of hydrogen-bond acceptors (Lipinski definition) is 5. The minimum absolute atomic E-state index is 0.0381. The molecule has 3 aliphatic rings. The molecule has 2 aromatic rings. The van der Waals surface area contributed by atoms with Crippen LogP contribution in [0.2, 0.25) is 0 Å². The van der Waals surface area contributed by atoms with Gasteiger partial charge in [-0.1, -0.05) is 25.7 Å². The van der Waals surface area contributed by atoms with E-state index in [-0.39, 0.29) is 11.8 Å². The summed E-state index contributed by atoms with van der Waals surface area (Å²) in [6.45, 7) is 2.66. The number of rotatable bonds is 3. The maximum atomic E-state index is 12.9. The summed E-state index contributed by atoms with van der Waals surface area (Å²) in [6.07, 6.45) is 14.4. The maximum Gasteiger partial charge on any atom is 0.225 e. The number of nitrogens with zero attached hydrogens (tertiary/aromatic N) is 5. The highest BCUT2D eigenvalue weighted by atomic mass is 16.2. The summed E-state index contributed by atoms with van der Waals surface area (Å²) in [6, 6.07) is 0.376. The number of amides is 1. The molecule has 1 atom stereocenters. The van der Waals surface area contributed by atoms with Gasteiger partial charge in [-0.15, -0.1) is 0 Å². The minimum atomic E-state index is 0.0381. The molecule has 1 N–H and O–H groups in total. The number of fused-ring (bicyclic) bond motifs is 3. The highest BCUT2D eigenvalue weighted by Gasteiger charge is 2.30. The van der Waals surface area contributed by atoms with Crippen molar-refractivity contribution in [1.82, 2.24) is 24.8 Å². The van der Waals surface area contributed by atoms with Crippen molar-refractivity contribution in [3.63, 3.8) is 0 Å². The Morgan fingerprint density at radius 2 is 1.83 bits per heavy atom. The van der Waals surface area contributed by atoms with Crippen molar-refractivity contribution < 1.29 is 4.79 Å². The lowest BCUT2D eigenvalue weighted by Crippen LogP contribution is -2.46. The van der Waals surface area contributed by atoms with E-state index in [1.165, 1.54) is 38.5 Å². The van der Waals surface area contributed by atoms with Crippen LogP contribution in [0, 0.1) is 5.92 Å². The number of carbonyl (C=O) groups is 1. The number of imidazole rings is 1. The van der Waals surface area contributed by atoms with Gasteiger partial charge in [-0.3, -0.25) is 4.79 Å². The van der Waals surface area contributed by atoms with Crippen molar-refractivity contribution in [2.45, 2.75) is 83.2 Å². The number of anilines is 1. The van der Waals surface area contributed by atoms with Crippen LogP contribution in [0.25, 0.3) is 11.2 Å². The van der Waals surface area contributed by atoms with Crippen LogP contribution < -0.4 is 10.2 Å². The minimum Gasteiger partial charge on any atom is -0.354 e. The zero-order chi connectivity index (χ0) is 19.6. The molecule has 4 heterocycles. The lowest BCUT2D eigenvalue weighted by atomic mass is 9.93. The molecular weight excluding hydrogens is 364 g/mol.